The van der Waals surface area contributed by atoms with E-state index >= 15 is 0 Å². The predicted molar refractivity (Wildman–Crippen MR) is 89.9 cm³/mol. The second-order valence-electron chi connectivity index (χ2n) is 6.97. The molecule has 0 aliphatic carbocycles. The zero-order chi connectivity index (χ0) is 15.6. The van der Waals surface area contributed by atoms with E-state index in [9.17, 15) is 0 Å². The van der Waals surface area contributed by atoms with Crippen LogP contribution in [-0.2, 0) is 0 Å². The third-order valence-corrected chi connectivity index (χ3v) is 4.73. The van der Waals surface area contributed by atoms with Crippen molar-refractivity contribution in [1.82, 2.24) is 9.97 Å². The van der Waals surface area contributed by atoms with Crippen molar-refractivity contribution in [2.75, 3.05) is 36.0 Å². The first-order valence-corrected chi connectivity index (χ1v) is 8.65. The molecule has 0 saturated carbocycles. The van der Waals surface area contributed by atoms with E-state index in [1.54, 1.807) is 0 Å². The molecule has 2 saturated heterocycles. The van der Waals surface area contributed by atoms with Gasteiger partial charge in [-0.25, -0.2) is 0 Å². The molecule has 2 aliphatic rings. The van der Waals surface area contributed by atoms with Gasteiger partial charge >= 0.3 is 0 Å². The number of anilines is 2. The number of hydrogen-bond donors (Lipinski definition) is 0. The zero-order valence-corrected chi connectivity index (χ0v) is 14.1. The van der Waals surface area contributed by atoms with Gasteiger partial charge in [-0.1, -0.05) is 6.92 Å². The maximum absolute atomic E-state index is 6.15. The standard InChI is InChI=1S/C17H28N4O/c1-4-17(2,3)22-15-13-14(20-9-5-6-10-20)18-16(19-15)21-11-7-8-12-21/h13H,4-12H2,1-3H3. The van der Waals surface area contributed by atoms with E-state index in [-0.39, 0.29) is 5.60 Å². The molecule has 2 aliphatic heterocycles. The lowest BCUT2D eigenvalue weighted by molar-refractivity contribution is 0.0990. The van der Waals surface area contributed by atoms with Crippen LogP contribution in [-0.4, -0.2) is 41.7 Å². The van der Waals surface area contributed by atoms with Crippen LogP contribution in [0.15, 0.2) is 6.07 Å². The van der Waals surface area contributed by atoms with Gasteiger partial charge in [-0.3, -0.25) is 0 Å². The Balaban J connectivity index is 1.90. The van der Waals surface area contributed by atoms with Gasteiger partial charge in [0.2, 0.25) is 11.8 Å². The van der Waals surface area contributed by atoms with E-state index in [0.29, 0.717) is 5.88 Å². The predicted octanol–water partition coefficient (Wildman–Crippen LogP) is 3.24. The van der Waals surface area contributed by atoms with Crippen LogP contribution >= 0.6 is 0 Å². The maximum atomic E-state index is 6.15. The van der Waals surface area contributed by atoms with Gasteiger partial charge in [0.05, 0.1) is 0 Å². The minimum Gasteiger partial charge on any atom is -0.471 e. The Bertz CT molecular complexity index is 471. The second kappa shape index (κ2) is 6.31. The van der Waals surface area contributed by atoms with E-state index < -0.39 is 0 Å². The molecular formula is C17H28N4O. The lowest BCUT2D eigenvalue weighted by Crippen LogP contribution is -2.29. The molecule has 3 heterocycles. The van der Waals surface area contributed by atoms with Crippen molar-refractivity contribution in [3.8, 4) is 5.88 Å². The molecule has 0 radical (unpaired) electrons. The van der Waals surface area contributed by atoms with Crippen LogP contribution in [0.4, 0.5) is 11.8 Å². The first-order valence-electron chi connectivity index (χ1n) is 8.65. The molecule has 22 heavy (non-hydrogen) atoms. The molecule has 3 rings (SSSR count). The van der Waals surface area contributed by atoms with Crippen LogP contribution in [0.2, 0.25) is 0 Å². The molecule has 0 unspecified atom stereocenters. The van der Waals surface area contributed by atoms with E-state index in [1.807, 2.05) is 6.07 Å². The topological polar surface area (TPSA) is 41.5 Å². The van der Waals surface area contributed by atoms with Crippen molar-refractivity contribution >= 4 is 11.8 Å². The summed E-state index contributed by atoms with van der Waals surface area (Å²) in [5, 5.41) is 0. The maximum Gasteiger partial charge on any atom is 0.230 e. The molecule has 1 aromatic heterocycles. The lowest BCUT2D eigenvalue weighted by atomic mass is 10.1. The quantitative estimate of drug-likeness (QED) is 0.835. The van der Waals surface area contributed by atoms with Gasteiger partial charge in [0, 0.05) is 32.2 Å². The SMILES string of the molecule is CCC(C)(C)Oc1cc(N2CCCC2)nc(N2CCCC2)n1. The molecule has 5 heteroatoms. The molecule has 0 spiro atoms. The number of rotatable bonds is 5. The Morgan fingerprint density at radius 2 is 1.59 bits per heavy atom. The summed E-state index contributed by atoms with van der Waals surface area (Å²) in [5.41, 5.74) is -0.196. The Labute approximate surface area is 133 Å². The third-order valence-electron chi connectivity index (χ3n) is 4.73. The van der Waals surface area contributed by atoms with Gasteiger partial charge in [-0.2, -0.15) is 9.97 Å². The first kappa shape index (κ1) is 15.4. The summed E-state index contributed by atoms with van der Waals surface area (Å²) in [6, 6.07) is 2.02. The molecule has 0 atom stereocenters. The van der Waals surface area contributed by atoms with Crippen LogP contribution in [0, 0.1) is 0 Å². The highest BCUT2D eigenvalue weighted by molar-refractivity contribution is 5.49. The fourth-order valence-corrected chi connectivity index (χ4v) is 2.98. The van der Waals surface area contributed by atoms with Gasteiger partial charge in [0.1, 0.15) is 11.4 Å². The molecular weight excluding hydrogens is 276 g/mol. The van der Waals surface area contributed by atoms with Crippen LogP contribution in [0.3, 0.4) is 0 Å². The highest BCUT2D eigenvalue weighted by Crippen LogP contribution is 2.28. The van der Waals surface area contributed by atoms with Gasteiger partial charge in [-0.05, 0) is 46.0 Å². The fourth-order valence-electron chi connectivity index (χ4n) is 2.98. The molecule has 2 fully saturated rings. The minimum absolute atomic E-state index is 0.196. The zero-order valence-electron chi connectivity index (χ0n) is 14.1. The van der Waals surface area contributed by atoms with E-state index in [4.69, 9.17) is 9.72 Å². The smallest absolute Gasteiger partial charge is 0.230 e. The number of aromatic nitrogens is 2. The molecule has 122 valence electrons. The summed E-state index contributed by atoms with van der Waals surface area (Å²) in [4.78, 5) is 14.1. The van der Waals surface area contributed by atoms with Crippen molar-refractivity contribution in [2.45, 2.75) is 58.5 Å². The van der Waals surface area contributed by atoms with Gasteiger partial charge < -0.3 is 14.5 Å². The largest absolute Gasteiger partial charge is 0.471 e. The summed E-state index contributed by atoms with van der Waals surface area (Å²) >= 11 is 0. The Morgan fingerprint density at radius 1 is 1.00 bits per heavy atom. The van der Waals surface area contributed by atoms with Crippen LogP contribution in [0.5, 0.6) is 5.88 Å². The third kappa shape index (κ3) is 3.45. The molecule has 0 N–H and O–H groups in total. The lowest BCUT2D eigenvalue weighted by Gasteiger charge is -2.26. The van der Waals surface area contributed by atoms with Gasteiger partial charge in [0.15, 0.2) is 0 Å². The highest BCUT2D eigenvalue weighted by atomic mass is 16.5. The number of hydrogen-bond acceptors (Lipinski definition) is 5. The molecule has 1 aromatic rings. The average molecular weight is 304 g/mol. The van der Waals surface area contributed by atoms with Gasteiger partial charge in [0.25, 0.3) is 0 Å². The van der Waals surface area contributed by atoms with E-state index in [1.165, 1.54) is 25.7 Å². The first-order chi connectivity index (χ1) is 10.6. The summed E-state index contributed by atoms with van der Waals surface area (Å²) in [5.74, 6) is 2.57. The van der Waals surface area contributed by atoms with E-state index in [0.717, 1.165) is 44.4 Å². The Hall–Kier alpha value is -1.52. The Morgan fingerprint density at radius 3 is 2.18 bits per heavy atom. The summed E-state index contributed by atoms with van der Waals surface area (Å²) in [6.45, 7) is 10.7. The molecule has 0 bridgehead atoms. The molecule has 5 nitrogen and oxygen atoms in total. The number of ether oxygens (including phenoxy) is 1. The fraction of sp³-hybridized carbons (Fsp3) is 0.765. The highest BCUT2D eigenvalue weighted by Gasteiger charge is 2.23. The minimum atomic E-state index is -0.196. The summed E-state index contributed by atoms with van der Waals surface area (Å²) < 4.78 is 6.15. The Kier molecular flexibility index (Phi) is 4.41. The second-order valence-corrected chi connectivity index (χ2v) is 6.97. The van der Waals surface area contributed by atoms with Crippen molar-refractivity contribution in [3.05, 3.63) is 6.07 Å². The van der Waals surface area contributed by atoms with Crippen LogP contribution in [0.25, 0.3) is 0 Å². The molecule has 0 aromatic carbocycles. The van der Waals surface area contributed by atoms with Crippen molar-refractivity contribution < 1.29 is 4.74 Å². The number of nitrogens with zero attached hydrogens (tertiary/aromatic N) is 4. The van der Waals surface area contributed by atoms with Crippen molar-refractivity contribution in [2.24, 2.45) is 0 Å². The molecule has 0 amide bonds. The normalized spacial score (nSPS) is 19.0. The van der Waals surface area contributed by atoms with Crippen molar-refractivity contribution in [3.63, 3.8) is 0 Å². The monoisotopic (exact) mass is 304 g/mol. The van der Waals surface area contributed by atoms with E-state index in [2.05, 4.69) is 35.6 Å². The van der Waals surface area contributed by atoms with Crippen molar-refractivity contribution in [1.29, 1.82) is 0 Å². The average Bonchev–Trinajstić information content (AvgIpc) is 3.20. The summed E-state index contributed by atoms with van der Waals surface area (Å²) in [6.07, 6.45) is 5.91. The van der Waals surface area contributed by atoms with Crippen LogP contribution in [0.1, 0.15) is 52.9 Å². The summed E-state index contributed by atoms with van der Waals surface area (Å²) in [7, 11) is 0. The van der Waals surface area contributed by atoms with Gasteiger partial charge in [-0.15, -0.1) is 0 Å². The van der Waals surface area contributed by atoms with Crippen LogP contribution < -0.4 is 14.5 Å².